The molecule has 1 aliphatic heterocycles. The van der Waals surface area contributed by atoms with Crippen LogP contribution in [-0.2, 0) is 11.3 Å². The molecule has 1 amide bonds. The first-order valence-electron chi connectivity index (χ1n) is 6.90. The molecule has 2 nitrogen and oxygen atoms in total. The number of benzene rings is 1. The fourth-order valence-corrected chi connectivity index (χ4v) is 2.95. The number of amides is 1. The lowest BCUT2D eigenvalue weighted by atomic mass is 9.93. The van der Waals surface area contributed by atoms with Crippen LogP contribution in [0.4, 0.5) is 0 Å². The Kier molecular flexibility index (Phi) is 3.74. The second-order valence-electron chi connectivity index (χ2n) is 5.91. The summed E-state index contributed by atoms with van der Waals surface area (Å²) in [6.45, 7) is 7.26. The summed E-state index contributed by atoms with van der Waals surface area (Å²) in [5.74, 6) is 0.569. The summed E-state index contributed by atoms with van der Waals surface area (Å²) in [5, 5.41) is 0. The quantitative estimate of drug-likeness (QED) is 0.793. The van der Waals surface area contributed by atoms with Crippen molar-refractivity contribution in [3.05, 3.63) is 35.9 Å². The molecule has 0 spiro atoms. The molecule has 2 rings (SSSR count). The van der Waals surface area contributed by atoms with Crippen molar-refractivity contribution in [2.45, 2.75) is 52.1 Å². The van der Waals surface area contributed by atoms with Gasteiger partial charge in [-0.1, -0.05) is 43.7 Å². The lowest BCUT2D eigenvalue weighted by Crippen LogP contribution is -2.40. The smallest absolute Gasteiger partial charge is 0.226 e. The van der Waals surface area contributed by atoms with Gasteiger partial charge in [0, 0.05) is 18.0 Å². The molecule has 1 aliphatic rings. The molecule has 0 bridgehead atoms. The van der Waals surface area contributed by atoms with Gasteiger partial charge in [-0.3, -0.25) is 4.79 Å². The zero-order valence-corrected chi connectivity index (χ0v) is 11.6. The fourth-order valence-electron chi connectivity index (χ4n) is 2.95. The molecule has 0 aromatic heterocycles. The molecule has 1 saturated heterocycles. The lowest BCUT2D eigenvalue weighted by Gasteiger charge is -2.31. The van der Waals surface area contributed by atoms with Crippen molar-refractivity contribution >= 4 is 5.91 Å². The Morgan fingerprint density at radius 1 is 1.28 bits per heavy atom. The number of nitrogens with zero attached hydrogens (tertiary/aromatic N) is 1. The van der Waals surface area contributed by atoms with Crippen molar-refractivity contribution in [3.8, 4) is 0 Å². The topological polar surface area (TPSA) is 20.3 Å². The fraction of sp³-hybridized carbons (Fsp3) is 0.562. The predicted octanol–water partition coefficient (Wildman–Crippen LogP) is 3.61. The van der Waals surface area contributed by atoms with Crippen LogP contribution < -0.4 is 0 Å². The van der Waals surface area contributed by atoms with E-state index in [9.17, 15) is 4.79 Å². The van der Waals surface area contributed by atoms with E-state index in [0.29, 0.717) is 5.91 Å². The van der Waals surface area contributed by atoms with Crippen molar-refractivity contribution in [2.24, 2.45) is 5.92 Å². The second-order valence-corrected chi connectivity index (χ2v) is 5.91. The first kappa shape index (κ1) is 13.1. The first-order valence-corrected chi connectivity index (χ1v) is 6.90. The third kappa shape index (κ3) is 2.58. The minimum Gasteiger partial charge on any atom is -0.333 e. The van der Waals surface area contributed by atoms with Crippen molar-refractivity contribution in [1.29, 1.82) is 0 Å². The highest BCUT2D eigenvalue weighted by molar-refractivity contribution is 5.82. The van der Waals surface area contributed by atoms with Crippen LogP contribution in [0.3, 0.4) is 0 Å². The Bertz CT molecular complexity index is 410. The van der Waals surface area contributed by atoms with Gasteiger partial charge in [0.05, 0.1) is 0 Å². The lowest BCUT2D eigenvalue weighted by molar-refractivity contribution is -0.134. The molecule has 1 heterocycles. The molecule has 1 unspecified atom stereocenters. The molecule has 1 aromatic rings. The molecule has 1 aromatic carbocycles. The van der Waals surface area contributed by atoms with E-state index in [1.807, 2.05) is 18.2 Å². The van der Waals surface area contributed by atoms with Gasteiger partial charge in [-0.05, 0) is 32.3 Å². The van der Waals surface area contributed by atoms with Gasteiger partial charge >= 0.3 is 0 Å². The summed E-state index contributed by atoms with van der Waals surface area (Å²) in [6.07, 6.45) is 3.10. The van der Waals surface area contributed by atoms with Crippen molar-refractivity contribution in [1.82, 2.24) is 4.90 Å². The Morgan fingerprint density at radius 3 is 2.56 bits per heavy atom. The molecular weight excluding hydrogens is 222 g/mol. The Hall–Kier alpha value is -1.31. The molecule has 2 heteroatoms. The van der Waals surface area contributed by atoms with Crippen molar-refractivity contribution in [2.75, 3.05) is 0 Å². The number of hydrogen-bond donors (Lipinski definition) is 0. The van der Waals surface area contributed by atoms with Crippen LogP contribution in [-0.4, -0.2) is 16.3 Å². The zero-order valence-electron chi connectivity index (χ0n) is 11.6. The Morgan fingerprint density at radius 2 is 1.94 bits per heavy atom. The van der Waals surface area contributed by atoms with Crippen molar-refractivity contribution < 1.29 is 4.79 Å². The monoisotopic (exact) mass is 245 g/mol. The summed E-state index contributed by atoms with van der Waals surface area (Å²) in [6, 6.07) is 10.3. The average molecular weight is 245 g/mol. The molecule has 0 N–H and O–H groups in total. The van der Waals surface area contributed by atoms with Gasteiger partial charge in [0.15, 0.2) is 0 Å². The van der Waals surface area contributed by atoms with Gasteiger partial charge in [-0.2, -0.15) is 0 Å². The number of likely N-dealkylation sites (tertiary alicyclic amines) is 1. The number of hydrogen-bond acceptors (Lipinski definition) is 1. The summed E-state index contributed by atoms with van der Waals surface area (Å²) >= 11 is 0. The largest absolute Gasteiger partial charge is 0.333 e. The highest BCUT2D eigenvalue weighted by atomic mass is 16.2. The maximum atomic E-state index is 12.4. The summed E-state index contributed by atoms with van der Waals surface area (Å²) in [4.78, 5) is 14.5. The number of rotatable bonds is 4. The molecule has 0 aliphatic carbocycles. The van der Waals surface area contributed by atoms with E-state index < -0.39 is 0 Å². The van der Waals surface area contributed by atoms with Gasteiger partial charge in [0.1, 0.15) is 0 Å². The van der Waals surface area contributed by atoms with Gasteiger partial charge in [-0.25, -0.2) is 0 Å². The first-order chi connectivity index (χ1) is 8.54. The minimum atomic E-state index is -0.00718. The standard InChI is InChI=1S/C16H23NO/c1-4-8-14-11-16(2,3)17(15(14)18)12-13-9-6-5-7-10-13/h5-7,9-10,14H,4,8,11-12H2,1-3H3. The SMILES string of the molecule is CCCC1CC(C)(C)N(Cc2ccccc2)C1=O. The maximum Gasteiger partial charge on any atom is 0.226 e. The van der Waals surface area contributed by atoms with Gasteiger partial charge in [0.2, 0.25) is 5.91 Å². The van der Waals surface area contributed by atoms with E-state index in [4.69, 9.17) is 0 Å². The molecule has 1 fully saturated rings. The highest BCUT2D eigenvalue weighted by Crippen LogP contribution is 2.37. The van der Waals surface area contributed by atoms with E-state index in [1.54, 1.807) is 0 Å². The predicted molar refractivity (Wildman–Crippen MR) is 74.1 cm³/mol. The van der Waals surface area contributed by atoms with E-state index in [1.165, 1.54) is 5.56 Å². The molecule has 1 atom stereocenters. The van der Waals surface area contributed by atoms with Crippen LogP contribution in [0.5, 0.6) is 0 Å². The molecule has 98 valence electrons. The van der Waals surface area contributed by atoms with Gasteiger partial charge < -0.3 is 4.90 Å². The van der Waals surface area contributed by atoms with Crippen LogP contribution in [0.2, 0.25) is 0 Å². The average Bonchev–Trinajstić information content (AvgIpc) is 2.55. The molecule has 18 heavy (non-hydrogen) atoms. The van der Waals surface area contributed by atoms with Crippen LogP contribution >= 0.6 is 0 Å². The highest BCUT2D eigenvalue weighted by Gasteiger charge is 2.43. The molecule has 0 radical (unpaired) electrons. The van der Waals surface area contributed by atoms with Crippen LogP contribution in [0.25, 0.3) is 0 Å². The van der Waals surface area contributed by atoms with Crippen molar-refractivity contribution in [3.63, 3.8) is 0 Å². The Balaban J connectivity index is 2.14. The van der Waals surface area contributed by atoms with E-state index in [0.717, 1.165) is 25.8 Å². The van der Waals surface area contributed by atoms with Crippen LogP contribution in [0.1, 0.15) is 45.6 Å². The second kappa shape index (κ2) is 5.13. The molecular formula is C16H23NO. The summed E-state index contributed by atoms with van der Waals surface area (Å²) in [5.41, 5.74) is 1.21. The zero-order chi connectivity index (χ0) is 13.2. The van der Waals surface area contributed by atoms with E-state index in [2.05, 4.69) is 37.8 Å². The number of carbonyl (C=O) groups excluding carboxylic acids is 1. The third-order valence-corrected chi connectivity index (χ3v) is 3.91. The number of carbonyl (C=O) groups is 1. The summed E-state index contributed by atoms with van der Waals surface area (Å²) in [7, 11) is 0. The third-order valence-electron chi connectivity index (χ3n) is 3.91. The maximum absolute atomic E-state index is 12.4. The van der Waals surface area contributed by atoms with Crippen LogP contribution in [0, 0.1) is 5.92 Å². The Labute approximate surface area is 110 Å². The summed E-state index contributed by atoms with van der Waals surface area (Å²) < 4.78 is 0. The van der Waals surface area contributed by atoms with Crippen LogP contribution in [0.15, 0.2) is 30.3 Å². The van der Waals surface area contributed by atoms with E-state index >= 15 is 0 Å². The van der Waals surface area contributed by atoms with Gasteiger partial charge in [0.25, 0.3) is 0 Å². The molecule has 0 saturated carbocycles. The normalized spacial score (nSPS) is 22.5. The minimum absolute atomic E-state index is 0.00718. The van der Waals surface area contributed by atoms with Gasteiger partial charge in [-0.15, -0.1) is 0 Å². The van der Waals surface area contributed by atoms with E-state index in [-0.39, 0.29) is 11.5 Å².